The summed E-state index contributed by atoms with van der Waals surface area (Å²) in [5.74, 6) is 0.143. The molecule has 0 radical (unpaired) electrons. The Morgan fingerprint density at radius 1 is 1.16 bits per heavy atom. The summed E-state index contributed by atoms with van der Waals surface area (Å²) in [6.07, 6.45) is 5.81. The molecule has 0 heterocycles. The van der Waals surface area contributed by atoms with Crippen molar-refractivity contribution < 1.29 is 0 Å². The van der Waals surface area contributed by atoms with Crippen molar-refractivity contribution in [1.29, 1.82) is 5.26 Å². The normalized spacial score (nSPS) is 23.5. The predicted molar refractivity (Wildman–Crippen MR) is 83.2 cm³/mol. The van der Waals surface area contributed by atoms with Gasteiger partial charge in [0.1, 0.15) is 0 Å². The first kappa shape index (κ1) is 14.4. The van der Waals surface area contributed by atoms with Gasteiger partial charge in [-0.05, 0) is 49.9 Å². The van der Waals surface area contributed by atoms with E-state index in [1.807, 2.05) is 0 Å². The van der Waals surface area contributed by atoms with Crippen molar-refractivity contribution in [2.45, 2.75) is 52.0 Å². The lowest BCUT2D eigenvalue weighted by atomic mass is 9.95. The Labute approximate surface area is 124 Å². The van der Waals surface area contributed by atoms with Crippen LogP contribution in [0, 0.1) is 31.1 Å². The van der Waals surface area contributed by atoms with Crippen molar-refractivity contribution >= 4 is 21.6 Å². The molecule has 0 aromatic heterocycles. The average molecular weight is 321 g/mol. The van der Waals surface area contributed by atoms with E-state index < -0.39 is 0 Å². The summed E-state index contributed by atoms with van der Waals surface area (Å²) in [5, 5.41) is 13.0. The maximum Gasteiger partial charge on any atom is 0.0677 e. The van der Waals surface area contributed by atoms with Gasteiger partial charge in [0.2, 0.25) is 0 Å². The first-order valence-electron chi connectivity index (χ1n) is 7.04. The van der Waals surface area contributed by atoms with Crippen molar-refractivity contribution in [2.24, 2.45) is 5.92 Å². The van der Waals surface area contributed by atoms with E-state index in [2.05, 4.69) is 53.3 Å². The first-order valence-corrected chi connectivity index (χ1v) is 7.84. The molecular formula is C16H21BrN2. The van der Waals surface area contributed by atoms with E-state index in [1.165, 1.54) is 36.1 Å². The highest BCUT2D eigenvalue weighted by atomic mass is 79.9. The van der Waals surface area contributed by atoms with Gasteiger partial charge in [-0.1, -0.05) is 35.2 Å². The fraction of sp³-hybridized carbons (Fsp3) is 0.562. The van der Waals surface area contributed by atoms with Gasteiger partial charge in [-0.15, -0.1) is 0 Å². The average Bonchev–Trinajstić information content (AvgIpc) is 2.58. The van der Waals surface area contributed by atoms with Gasteiger partial charge in [-0.25, -0.2) is 0 Å². The van der Waals surface area contributed by atoms with Crippen molar-refractivity contribution in [1.82, 2.24) is 0 Å². The fourth-order valence-electron chi connectivity index (χ4n) is 2.96. The third-order valence-electron chi connectivity index (χ3n) is 4.01. The van der Waals surface area contributed by atoms with Crippen LogP contribution in [0.2, 0.25) is 0 Å². The lowest BCUT2D eigenvalue weighted by molar-refractivity contribution is 0.514. The van der Waals surface area contributed by atoms with Crippen LogP contribution in [0.4, 0.5) is 5.69 Å². The SMILES string of the molecule is Cc1cc(Br)cc(C)c1NC1CCCCCC1C#N. The number of halogens is 1. The van der Waals surface area contributed by atoms with E-state index >= 15 is 0 Å². The Bertz CT molecular complexity index is 467. The maximum atomic E-state index is 9.35. The zero-order valence-corrected chi connectivity index (χ0v) is 13.3. The molecule has 2 rings (SSSR count). The van der Waals surface area contributed by atoms with E-state index in [-0.39, 0.29) is 5.92 Å². The molecule has 1 fully saturated rings. The lowest BCUT2D eigenvalue weighted by Gasteiger charge is -2.24. The van der Waals surface area contributed by atoms with Crippen LogP contribution in [-0.2, 0) is 0 Å². The number of nitriles is 1. The van der Waals surface area contributed by atoms with Gasteiger partial charge in [0.15, 0.2) is 0 Å². The molecule has 2 atom stereocenters. The molecule has 1 aromatic carbocycles. The highest BCUT2D eigenvalue weighted by molar-refractivity contribution is 9.10. The smallest absolute Gasteiger partial charge is 0.0677 e. The minimum Gasteiger partial charge on any atom is -0.381 e. The van der Waals surface area contributed by atoms with Gasteiger partial charge in [0, 0.05) is 16.2 Å². The molecule has 1 aliphatic rings. The van der Waals surface area contributed by atoms with Gasteiger partial charge < -0.3 is 5.32 Å². The van der Waals surface area contributed by atoms with Crippen LogP contribution in [-0.4, -0.2) is 6.04 Å². The lowest BCUT2D eigenvalue weighted by Crippen LogP contribution is -2.28. The quantitative estimate of drug-likeness (QED) is 0.782. The molecule has 0 spiro atoms. The number of hydrogen-bond donors (Lipinski definition) is 1. The molecule has 1 aliphatic carbocycles. The molecule has 1 aromatic rings. The number of hydrogen-bond acceptors (Lipinski definition) is 2. The van der Waals surface area contributed by atoms with Crippen molar-refractivity contribution in [3.05, 3.63) is 27.7 Å². The first-order chi connectivity index (χ1) is 9.11. The number of anilines is 1. The Kier molecular flexibility index (Phi) is 4.87. The number of nitrogens with zero attached hydrogens (tertiary/aromatic N) is 1. The highest BCUT2D eigenvalue weighted by Crippen LogP contribution is 2.30. The molecule has 1 N–H and O–H groups in total. The fourth-order valence-corrected chi connectivity index (χ4v) is 3.65. The van der Waals surface area contributed by atoms with Gasteiger partial charge >= 0.3 is 0 Å². The van der Waals surface area contributed by atoms with Crippen molar-refractivity contribution in [3.63, 3.8) is 0 Å². The van der Waals surface area contributed by atoms with Crippen LogP contribution in [0.3, 0.4) is 0 Å². The van der Waals surface area contributed by atoms with Gasteiger partial charge in [0.25, 0.3) is 0 Å². The third kappa shape index (κ3) is 3.51. The summed E-state index contributed by atoms with van der Waals surface area (Å²) >= 11 is 3.53. The molecule has 0 amide bonds. The molecule has 0 bridgehead atoms. The minimum absolute atomic E-state index is 0.143. The molecule has 2 nitrogen and oxygen atoms in total. The topological polar surface area (TPSA) is 35.8 Å². The Morgan fingerprint density at radius 3 is 2.42 bits per heavy atom. The van der Waals surface area contributed by atoms with Crippen LogP contribution in [0.1, 0.15) is 43.2 Å². The molecular weight excluding hydrogens is 300 g/mol. The number of aryl methyl sites for hydroxylation is 2. The molecule has 1 saturated carbocycles. The van der Waals surface area contributed by atoms with Crippen LogP contribution < -0.4 is 5.32 Å². The van der Waals surface area contributed by atoms with E-state index in [4.69, 9.17) is 0 Å². The second-order valence-corrected chi connectivity index (χ2v) is 6.45. The summed E-state index contributed by atoms with van der Waals surface area (Å²) in [7, 11) is 0. The molecule has 2 unspecified atom stereocenters. The van der Waals surface area contributed by atoms with E-state index in [0.29, 0.717) is 6.04 Å². The predicted octanol–water partition coefficient (Wildman–Crippen LogP) is 4.95. The Balaban J connectivity index is 2.22. The summed E-state index contributed by atoms with van der Waals surface area (Å²) in [6.45, 7) is 4.25. The van der Waals surface area contributed by atoms with Crippen molar-refractivity contribution in [3.8, 4) is 6.07 Å². The van der Waals surface area contributed by atoms with E-state index in [1.54, 1.807) is 0 Å². The highest BCUT2D eigenvalue weighted by Gasteiger charge is 2.24. The molecule has 3 heteroatoms. The Hall–Kier alpha value is -1.01. The third-order valence-corrected chi connectivity index (χ3v) is 4.47. The van der Waals surface area contributed by atoms with Crippen LogP contribution in [0.5, 0.6) is 0 Å². The molecule has 102 valence electrons. The Morgan fingerprint density at radius 2 is 1.79 bits per heavy atom. The molecule has 0 saturated heterocycles. The van der Waals surface area contributed by atoms with E-state index in [0.717, 1.165) is 17.3 Å². The summed E-state index contributed by atoms with van der Waals surface area (Å²) < 4.78 is 1.12. The maximum absolute atomic E-state index is 9.35. The number of rotatable bonds is 2. The summed E-state index contributed by atoms with van der Waals surface area (Å²) in [6, 6.07) is 7.05. The second kappa shape index (κ2) is 6.43. The largest absolute Gasteiger partial charge is 0.381 e. The number of benzene rings is 1. The standard InChI is InChI=1S/C16H21BrN2/c1-11-8-14(17)9-12(2)16(11)19-15-7-5-3-4-6-13(15)10-18/h8-9,13,15,19H,3-7H2,1-2H3. The minimum atomic E-state index is 0.143. The van der Waals surface area contributed by atoms with Crippen LogP contribution in [0.15, 0.2) is 16.6 Å². The monoisotopic (exact) mass is 320 g/mol. The second-order valence-electron chi connectivity index (χ2n) is 5.54. The van der Waals surface area contributed by atoms with Crippen LogP contribution in [0.25, 0.3) is 0 Å². The van der Waals surface area contributed by atoms with Crippen LogP contribution >= 0.6 is 15.9 Å². The van der Waals surface area contributed by atoms with Gasteiger partial charge in [-0.2, -0.15) is 5.26 Å². The van der Waals surface area contributed by atoms with Gasteiger partial charge in [-0.3, -0.25) is 0 Å². The van der Waals surface area contributed by atoms with E-state index in [9.17, 15) is 5.26 Å². The summed E-state index contributed by atoms with van der Waals surface area (Å²) in [4.78, 5) is 0. The zero-order chi connectivity index (χ0) is 13.8. The van der Waals surface area contributed by atoms with Gasteiger partial charge in [0.05, 0.1) is 12.0 Å². The molecule has 0 aliphatic heterocycles. The zero-order valence-electron chi connectivity index (χ0n) is 11.7. The number of nitrogens with one attached hydrogen (secondary N) is 1. The van der Waals surface area contributed by atoms with Crippen molar-refractivity contribution in [2.75, 3.05) is 5.32 Å². The molecule has 19 heavy (non-hydrogen) atoms. The summed E-state index contributed by atoms with van der Waals surface area (Å²) in [5.41, 5.74) is 3.69.